The summed E-state index contributed by atoms with van der Waals surface area (Å²) in [5.41, 5.74) is 4.72. The number of carbonyl (C=O) groups is 2. The molecule has 2 aliphatic heterocycles. The molecule has 0 saturated carbocycles. The Morgan fingerprint density at radius 2 is 2.00 bits per heavy atom. The van der Waals surface area contributed by atoms with Gasteiger partial charge >= 0.3 is 7.12 Å². The van der Waals surface area contributed by atoms with Crippen molar-refractivity contribution in [3.63, 3.8) is 0 Å². The van der Waals surface area contributed by atoms with Crippen molar-refractivity contribution in [1.29, 1.82) is 0 Å². The lowest BCUT2D eigenvalue weighted by Crippen LogP contribution is -2.46. The third-order valence-corrected chi connectivity index (χ3v) is 8.88. The number of hydrogen-bond donors (Lipinski definition) is 2. The van der Waals surface area contributed by atoms with Crippen LogP contribution in [0.15, 0.2) is 58.2 Å². The van der Waals surface area contributed by atoms with Gasteiger partial charge in [0.05, 0.1) is 23.6 Å². The van der Waals surface area contributed by atoms with E-state index in [1.54, 1.807) is 18.3 Å². The largest absolute Gasteiger partial charge is 0.507 e. The Morgan fingerprint density at radius 3 is 2.73 bits per heavy atom. The Hall–Kier alpha value is -2.75. The number of hydrogen-bond acceptors (Lipinski definition) is 6. The highest BCUT2D eigenvalue weighted by Crippen LogP contribution is 2.51. The molecule has 9 heteroatoms. The first kappa shape index (κ1) is 28.8. The standard InChI is InChI=1S/C31H36BBrN2O5/c1-3-7-20-17-23-29(31(38)35(14-4-2)30(23)37)24-18-32(39)40-27(28(20)24)12-9-19(25-8-5-6-13-34-25)15-21-16-22(33)10-11-26(21)36/h5-6,8,10-11,13,15-16,23-24,27,29,36,39H,3-4,7,9,12,14,17-18H2,1-2H3/b19-15-/t23-,24+,27-,29-/m1/s1. The Bertz CT molecular complexity index is 1330. The van der Waals surface area contributed by atoms with Gasteiger partial charge in [-0.15, -0.1) is 0 Å². The summed E-state index contributed by atoms with van der Waals surface area (Å²) in [6, 6.07) is 11.0. The van der Waals surface area contributed by atoms with Gasteiger partial charge in [-0.25, -0.2) is 0 Å². The van der Waals surface area contributed by atoms with Gasteiger partial charge in [0, 0.05) is 22.8 Å². The maximum atomic E-state index is 13.5. The lowest BCUT2D eigenvalue weighted by molar-refractivity contribution is -0.140. The number of allylic oxidation sites excluding steroid dienone is 2. The van der Waals surface area contributed by atoms with Crippen molar-refractivity contribution < 1.29 is 24.4 Å². The molecule has 0 unspecified atom stereocenters. The zero-order valence-corrected chi connectivity index (χ0v) is 24.6. The third-order valence-electron chi connectivity index (χ3n) is 8.39. The fraction of sp³-hybridized carbons (Fsp3) is 0.452. The van der Waals surface area contributed by atoms with E-state index in [2.05, 4.69) is 27.8 Å². The third kappa shape index (κ3) is 5.69. The van der Waals surface area contributed by atoms with Crippen molar-refractivity contribution >= 4 is 46.5 Å². The van der Waals surface area contributed by atoms with Crippen LogP contribution in [0.25, 0.3) is 11.6 Å². The maximum Gasteiger partial charge on any atom is 0.455 e. The van der Waals surface area contributed by atoms with Crippen LogP contribution in [0.1, 0.15) is 63.6 Å². The van der Waals surface area contributed by atoms with E-state index in [1.807, 2.05) is 37.3 Å². The Morgan fingerprint density at radius 1 is 1.18 bits per heavy atom. The van der Waals surface area contributed by atoms with Gasteiger partial charge in [-0.2, -0.15) is 0 Å². The number of nitrogens with zero attached hydrogens (tertiary/aromatic N) is 2. The maximum absolute atomic E-state index is 13.5. The summed E-state index contributed by atoms with van der Waals surface area (Å²) in [7, 11) is -1.00. The Balaban J connectivity index is 1.48. The summed E-state index contributed by atoms with van der Waals surface area (Å²) < 4.78 is 7.04. The first-order valence-corrected chi connectivity index (χ1v) is 15.1. The number of amides is 2. The number of rotatable bonds is 9. The van der Waals surface area contributed by atoms with Crippen LogP contribution >= 0.6 is 15.9 Å². The van der Waals surface area contributed by atoms with E-state index in [9.17, 15) is 19.7 Å². The number of halogens is 1. The quantitative estimate of drug-likeness (QED) is 0.210. The van der Waals surface area contributed by atoms with Crippen molar-refractivity contribution in [1.82, 2.24) is 9.88 Å². The van der Waals surface area contributed by atoms with Crippen LogP contribution in [0.5, 0.6) is 5.75 Å². The van der Waals surface area contributed by atoms with E-state index in [1.165, 1.54) is 10.5 Å². The van der Waals surface area contributed by atoms with Crippen LogP contribution in [-0.2, 0) is 14.2 Å². The van der Waals surface area contributed by atoms with Gasteiger partial charge in [-0.3, -0.25) is 19.5 Å². The van der Waals surface area contributed by atoms with Crippen LogP contribution < -0.4 is 0 Å². The van der Waals surface area contributed by atoms with Crippen molar-refractivity contribution in [3.05, 3.63) is 69.5 Å². The molecule has 3 aliphatic rings. The first-order valence-electron chi connectivity index (χ1n) is 14.3. The number of phenols is 1. The summed E-state index contributed by atoms with van der Waals surface area (Å²) in [5, 5.41) is 21.3. The number of pyridine rings is 1. The topological polar surface area (TPSA) is 100.0 Å². The van der Waals surface area contributed by atoms with Gasteiger partial charge in [0.15, 0.2) is 0 Å². The highest BCUT2D eigenvalue weighted by atomic mass is 79.9. The Labute approximate surface area is 244 Å². The fourth-order valence-corrected chi connectivity index (χ4v) is 7.13. The molecule has 0 spiro atoms. The minimum Gasteiger partial charge on any atom is -0.507 e. The molecule has 210 valence electrons. The number of imide groups is 1. The van der Waals surface area contributed by atoms with Crippen LogP contribution in [0, 0.1) is 17.8 Å². The van der Waals surface area contributed by atoms with Gasteiger partial charge in [0.1, 0.15) is 5.75 Å². The molecule has 2 saturated heterocycles. The molecule has 1 aromatic heterocycles. The Kier molecular flexibility index (Phi) is 8.93. The second-order valence-corrected chi connectivity index (χ2v) is 11.9. The molecular formula is C31H36BBrN2O5. The lowest BCUT2D eigenvalue weighted by atomic mass is 9.58. The average molecular weight is 607 g/mol. The van der Waals surface area contributed by atoms with Crippen molar-refractivity contribution in [2.45, 2.75) is 64.8 Å². The molecule has 3 heterocycles. The molecule has 2 amide bonds. The first-order chi connectivity index (χ1) is 19.3. The van der Waals surface area contributed by atoms with E-state index in [0.717, 1.165) is 40.6 Å². The van der Waals surface area contributed by atoms with E-state index in [4.69, 9.17) is 4.65 Å². The zero-order chi connectivity index (χ0) is 28.4. The van der Waals surface area contributed by atoms with E-state index >= 15 is 0 Å². The van der Waals surface area contributed by atoms with E-state index in [0.29, 0.717) is 37.7 Å². The molecule has 0 radical (unpaired) electrons. The predicted molar refractivity (Wildman–Crippen MR) is 159 cm³/mol. The van der Waals surface area contributed by atoms with E-state index in [-0.39, 0.29) is 35.5 Å². The van der Waals surface area contributed by atoms with Crippen molar-refractivity contribution in [3.8, 4) is 5.75 Å². The number of carbonyl (C=O) groups excluding carboxylic acids is 2. The number of benzene rings is 1. The highest BCUT2D eigenvalue weighted by Gasteiger charge is 2.56. The van der Waals surface area contributed by atoms with Gasteiger partial charge in [-0.05, 0) is 91.9 Å². The van der Waals surface area contributed by atoms with Gasteiger partial charge in [-0.1, -0.05) is 47.8 Å². The van der Waals surface area contributed by atoms with Gasteiger partial charge in [0.2, 0.25) is 11.8 Å². The zero-order valence-electron chi connectivity index (χ0n) is 23.1. The molecule has 2 N–H and O–H groups in total. The highest BCUT2D eigenvalue weighted by molar-refractivity contribution is 9.10. The predicted octanol–water partition coefficient (Wildman–Crippen LogP) is 5.88. The van der Waals surface area contributed by atoms with Gasteiger partial charge < -0.3 is 14.8 Å². The number of phenolic OH excluding ortho intramolecular Hbond substituents is 1. The fourth-order valence-electron chi connectivity index (χ4n) is 6.75. The number of aromatic hydroxyl groups is 1. The molecular weight excluding hydrogens is 571 g/mol. The smallest absolute Gasteiger partial charge is 0.455 e. The molecule has 2 fully saturated rings. The molecule has 0 bridgehead atoms. The summed E-state index contributed by atoms with van der Waals surface area (Å²) in [4.78, 5) is 32.8. The van der Waals surface area contributed by atoms with Crippen LogP contribution in [-0.4, -0.2) is 51.6 Å². The summed E-state index contributed by atoms with van der Waals surface area (Å²) in [5.74, 6) is -0.959. The molecule has 40 heavy (non-hydrogen) atoms. The lowest BCUT2D eigenvalue weighted by Gasteiger charge is -2.43. The molecule has 4 atom stereocenters. The normalized spacial score (nSPS) is 24.9. The molecule has 7 nitrogen and oxygen atoms in total. The molecule has 2 aromatic rings. The summed E-state index contributed by atoms with van der Waals surface area (Å²) >= 11 is 3.49. The SMILES string of the molecule is CCCC1=C2[C@@H](CC/C(=C/c3cc(Br)ccc3O)c3ccccn3)OB(O)C[C@@H]2[C@@H]2C(=O)N(CCC)C(=O)[C@@H]2C1. The van der Waals surface area contributed by atoms with Crippen LogP contribution in [0.2, 0.25) is 6.32 Å². The average Bonchev–Trinajstić information content (AvgIpc) is 3.18. The summed E-state index contributed by atoms with van der Waals surface area (Å²) in [6.07, 6.45) is 7.89. The molecule has 5 rings (SSSR count). The molecule has 1 aliphatic carbocycles. The number of fused-ring (bicyclic) bond motifs is 3. The van der Waals surface area contributed by atoms with Crippen molar-refractivity contribution in [2.24, 2.45) is 17.8 Å². The van der Waals surface area contributed by atoms with Crippen molar-refractivity contribution in [2.75, 3.05) is 6.54 Å². The summed E-state index contributed by atoms with van der Waals surface area (Å²) in [6.45, 7) is 4.54. The van der Waals surface area contributed by atoms with Crippen LogP contribution in [0.3, 0.4) is 0 Å². The number of likely N-dealkylation sites (tertiary alicyclic amines) is 1. The van der Waals surface area contributed by atoms with Gasteiger partial charge in [0.25, 0.3) is 0 Å². The van der Waals surface area contributed by atoms with E-state index < -0.39 is 13.0 Å². The number of aromatic nitrogens is 1. The minimum atomic E-state index is -1.00. The second kappa shape index (κ2) is 12.4. The monoisotopic (exact) mass is 606 g/mol. The second-order valence-electron chi connectivity index (χ2n) is 11.0. The molecule has 1 aromatic carbocycles. The van der Waals surface area contributed by atoms with Crippen LogP contribution in [0.4, 0.5) is 0 Å². The minimum absolute atomic E-state index is 0.0590.